The number of nitrogens with two attached hydrogens (primary N) is 1. The first-order chi connectivity index (χ1) is 5.98. The van der Waals surface area contributed by atoms with Crippen molar-refractivity contribution in [2.24, 2.45) is 5.73 Å². The first kappa shape index (κ1) is 8.99. The summed E-state index contributed by atoms with van der Waals surface area (Å²) in [7, 11) is 0. The molecule has 1 heterocycles. The van der Waals surface area contributed by atoms with E-state index >= 15 is 0 Å². The van der Waals surface area contributed by atoms with Crippen LogP contribution in [0.5, 0.6) is 0 Å². The Bertz CT molecular complexity index is 249. The van der Waals surface area contributed by atoms with Crippen molar-refractivity contribution in [3.8, 4) is 0 Å². The molecule has 0 aromatic heterocycles. The molecule has 2 aliphatic rings. The first-order valence-corrected chi connectivity index (χ1v) is 4.48. The molecule has 1 aliphatic carbocycles. The Morgan fingerprint density at radius 1 is 1.54 bits per heavy atom. The lowest BCUT2D eigenvalue weighted by molar-refractivity contribution is -0.151. The van der Waals surface area contributed by atoms with Gasteiger partial charge in [-0.15, -0.1) is 0 Å². The Morgan fingerprint density at radius 3 is 2.92 bits per heavy atom. The zero-order valence-corrected chi connectivity index (χ0v) is 7.86. The van der Waals surface area contributed by atoms with Crippen molar-refractivity contribution in [2.75, 3.05) is 0 Å². The maximum atomic E-state index is 9.62. The molecule has 3 atom stereocenters. The molecular formula is C9H15NO3. The average Bonchev–Trinajstić information content (AvgIpc) is 2.23. The predicted molar refractivity (Wildman–Crippen MR) is 46.7 cm³/mol. The van der Waals surface area contributed by atoms with Crippen molar-refractivity contribution in [1.29, 1.82) is 0 Å². The standard InChI is InChI=1S/C9H15NO3/c1-9(2)12-7-4-5(10)3-6(11)8(7)13-9/h3,6-8,11H,4,10H2,1-2H3/t6?,7-,8-/m0/s1. The van der Waals surface area contributed by atoms with Gasteiger partial charge in [-0.05, 0) is 19.9 Å². The van der Waals surface area contributed by atoms with Gasteiger partial charge in [-0.3, -0.25) is 0 Å². The molecule has 0 aromatic carbocycles. The van der Waals surface area contributed by atoms with Gasteiger partial charge in [-0.25, -0.2) is 0 Å². The molecule has 0 amide bonds. The zero-order valence-electron chi connectivity index (χ0n) is 7.86. The zero-order chi connectivity index (χ0) is 9.64. The summed E-state index contributed by atoms with van der Waals surface area (Å²) in [5, 5.41) is 9.62. The monoisotopic (exact) mass is 185 g/mol. The lowest BCUT2D eigenvalue weighted by Gasteiger charge is -2.25. The van der Waals surface area contributed by atoms with Crippen LogP contribution in [0.2, 0.25) is 0 Å². The lowest BCUT2D eigenvalue weighted by atomic mass is 9.97. The van der Waals surface area contributed by atoms with E-state index in [1.165, 1.54) is 0 Å². The van der Waals surface area contributed by atoms with Crippen LogP contribution in [0, 0.1) is 0 Å². The number of hydrogen-bond acceptors (Lipinski definition) is 4. The lowest BCUT2D eigenvalue weighted by Crippen LogP contribution is -2.39. The summed E-state index contributed by atoms with van der Waals surface area (Å²) in [5.74, 6) is -0.602. The Labute approximate surface area is 77.3 Å². The van der Waals surface area contributed by atoms with Gasteiger partial charge >= 0.3 is 0 Å². The van der Waals surface area contributed by atoms with Gasteiger partial charge in [0.15, 0.2) is 5.79 Å². The molecule has 0 bridgehead atoms. The molecule has 0 saturated carbocycles. The fourth-order valence-electron chi connectivity index (χ4n) is 1.92. The van der Waals surface area contributed by atoms with Crippen molar-refractivity contribution in [2.45, 2.75) is 44.4 Å². The van der Waals surface area contributed by atoms with Crippen LogP contribution >= 0.6 is 0 Å². The molecule has 4 heteroatoms. The summed E-state index contributed by atoms with van der Waals surface area (Å²) >= 11 is 0. The van der Waals surface area contributed by atoms with Gasteiger partial charge in [0.2, 0.25) is 0 Å². The van der Waals surface area contributed by atoms with E-state index in [-0.39, 0.29) is 12.2 Å². The summed E-state index contributed by atoms with van der Waals surface area (Å²) in [6.07, 6.45) is 1.27. The van der Waals surface area contributed by atoms with E-state index in [2.05, 4.69) is 0 Å². The third-order valence-electron chi connectivity index (χ3n) is 2.38. The summed E-state index contributed by atoms with van der Waals surface area (Å²) in [6, 6.07) is 0. The van der Waals surface area contributed by atoms with Gasteiger partial charge < -0.3 is 20.3 Å². The molecule has 0 spiro atoms. The van der Waals surface area contributed by atoms with Crippen molar-refractivity contribution < 1.29 is 14.6 Å². The van der Waals surface area contributed by atoms with Gasteiger partial charge in [0.1, 0.15) is 12.2 Å². The first-order valence-electron chi connectivity index (χ1n) is 4.48. The van der Waals surface area contributed by atoms with E-state index < -0.39 is 11.9 Å². The van der Waals surface area contributed by atoms with E-state index in [0.717, 1.165) is 0 Å². The number of rotatable bonds is 0. The van der Waals surface area contributed by atoms with Crippen LogP contribution in [0.4, 0.5) is 0 Å². The fraction of sp³-hybridized carbons (Fsp3) is 0.778. The minimum Gasteiger partial charge on any atom is -0.402 e. The molecule has 1 saturated heterocycles. The topological polar surface area (TPSA) is 64.7 Å². The van der Waals surface area contributed by atoms with E-state index in [4.69, 9.17) is 15.2 Å². The number of hydrogen-bond donors (Lipinski definition) is 2. The summed E-state index contributed by atoms with van der Waals surface area (Å²) < 4.78 is 11.1. The quantitative estimate of drug-likeness (QED) is 0.562. The highest BCUT2D eigenvalue weighted by Crippen LogP contribution is 2.35. The van der Waals surface area contributed by atoms with Gasteiger partial charge in [0.25, 0.3) is 0 Å². The highest BCUT2D eigenvalue weighted by molar-refractivity contribution is 5.13. The Morgan fingerprint density at radius 2 is 2.23 bits per heavy atom. The van der Waals surface area contributed by atoms with E-state index in [0.29, 0.717) is 12.1 Å². The number of ether oxygens (including phenoxy) is 2. The fourth-order valence-corrected chi connectivity index (χ4v) is 1.92. The third-order valence-corrected chi connectivity index (χ3v) is 2.38. The summed E-state index contributed by atoms with van der Waals surface area (Å²) in [6.45, 7) is 3.68. The number of fused-ring (bicyclic) bond motifs is 1. The van der Waals surface area contributed by atoms with E-state index in [1.54, 1.807) is 6.08 Å². The van der Waals surface area contributed by atoms with Crippen LogP contribution in [-0.2, 0) is 9.47 Å². The SMILES string of the molecule is CC1(C)O[C@H]2CC(N)=CC(O)[C@@H]2O1. The van der Waals surface area contributed by atoms with Crippen molar-refractivity contribution >= 4 is 0 Å². The Kier molecular flexibility index (Phi) is 1.87. The molecule has 0 aromatic rings. The van der Waals surface area contributed by atoms with Crippen molar-refractivity contribution in [1.82, 2.24) is 0 Å². The maximum Gasteiger partial charge on any atom is 0.163 e. The molecule has 1 unspecified atom stereocenters. The van der Waals surface area contributed by atoms with Crippen molar-refractivity contribution in [3.05, 3.63) is 11.8 Å². The summed E-state index contributed by atoms with van der Waals surface area (Å²) in [5.41, 5.74) is 6.31. The second kappa shape index (κ2) is 2.70. The largest absolute Gasteiger partial charge is 0.402 e. The van der Waals surface area contributed by atoms with Gasteiger partial charge in [0, 0.05) is 12.1 Å². The molecule has 3 N–H and O–H groups in total. The molecule has 1 aliphatic heterocycles. The van der Waals surface area contributed by atoms with Crippen LogP contribution in [0.15, 0.2) is 11.8 Å². The highest BCUT2D eigenvalue weighted by Gasteiger charge is 2.46. The minimum atomic E-state index is -0.638. The maximum absolute atomic E-state index is 9.62. The van der Waals surface area contributed by atoms with Gasteiger partial charge in [-0.1, -0.05) is 0 Å². The van der Waals surface area contributed by atoms with Crippen LogP contribution in [0.25, 0.3) is 0 Å². The van der Waals surface area contributed by atoms with Crippen LogP contribution < -0.4 is 5.73 Å². The molecule has 1 fully saturated rings. The van der Waals surface area contributed by atoms with E-state index in [1.807, 2.05) is 13.8 Å². The second-order valence-electron chi connectivity index (χ2n) is 4.07. The predicted octanol–water partition coefficient (Wildman–Crippen LogP) is 0.114. The van der Waals surface area contributed by atoms with Gasteiger partial charge in [-0.2, -0.15) is 0 Å². The molecule has 2 rings (SSSR count). The number of aliphatic hydroxyl groups is 1. The Hall–Kier alpha value is -0.580. The van der Waals surface area contributed by atoms with E-state index in [9.17, 15) is 5.11 Å². The molecule has 74 valence electrons. The highest BCUT2D eigenvalue weighted by atomic mass is 16.8. The van der Waals surface area contributed by atoms with Crippen LogP contribution in [0.3, 0.4) is 0 Å². The number of aliphatic hydroxyl groups excluding tert-OH is 1. The van der Waals surface area contributed by atoms with Crippen LogP contribution in [-0.4, -0.2) is 29.2 Å². The van der Waals surface area contributed by atoms with Crippen LogP contribution in [0.1, 0.15) is 20.3 Å². The Balaban J connectivity index is 2.18. The molecular weight excluding hydrogens is 170 g/mol. The summed E-state index contributed by atoms with van der Waals surface area (Å²) in [4.78, 5) is 0. The van der Waals surface area contributed by atoms with Crippen molar-refractivity contribution in [3.63, 3.8) is 0 Å². The average molecular weight is 185 g/mol. The molecule has 13 heavy (non-hydrogen) atoms. The van der Waals surface area contributed by atoms with Gasteiger partial charge in [0.05, 0.1) is 6.10 Å². The molecule has 4 nitrogen and oxygen atoms in total. The molecule has 0 radical (unpaired) electrons. The second-order valence-corrected chi connectivity index (χ2v) is 4.07. The third kappa shape index (κ3) is 1.57. The smallest absolute Gasteiger partial charge is 0.163 e. The minimum absolute atomic E-state index is 0.102. The normalized spacial score (nSPS) is 42.7.